The van der Waals surface area contributed by atoms with E-state index in [4.69, 9.17) is 9.47 Å². The molecule has 2 N–H and O–H groups in total. The number of guanidine groups is 1. The van der Waals surface area contributed by atoms with Crippen molar-refractivity contribution in [2.75, 3.05) is 40.5 Å². The predicted octanol–water partition coefficient (Wildman–Crippen LogP) is 2.27. The van der Waals surface area contributed by atoms with E-state index in [9.17, 15) is 0 Å². The van der Waals surface area contributed by atoms with E-state index < -0.39 is 0 Å². The Kier molecular flexibility index (Phi) is 12.5. The number of rotatable bonds is 11. The zero-order valence-electron chi connectivity index (χ0n) is 16.1. The van der Waals surface area contributed by atoms with Gasteiger partial charge in [-0.25, -0.2) is 4.98 Å². The fraction of sp³-hybridized carbons (Fsp3) is 0.474. The number of imidazole rings is 1. The highest BCUT2D eigenvalue weighted by atomic mass is 127. The van der Waals surface area contributed by atoms with Crippen LogP contribution in [0.2, 0.25) is 0 Å². The standard InChI is InChI=1S/C19H29N5O2.HI/c1-20-19(22-7-4-10-26-12-11-25-2)23-14-17-5-3-6-18(13-17)15-24-9-8-21-16-24;/h3,5-6,8-9,13,16H,4,7,10-12,14-15H2,1-2H3,(H2,20,22,23);1H. The van der Waals surface area contributed by atoms with Gasteiger partial charge in [-0.1, -0.05) is 24.3 Å². The first-order chi connectivity index (χ1) is 12.8. The molecule has 2 aromatic rings. The van der Waals surface area contributed by atoms with Crippen molar-refractivity contribution < 1.29 is 9.47 Å². The maximum Gasteiger partial charge on any atom is 0.191 e. The van der Waals surface area contributed by atoms with Gasteiger partial charge in [0.05, 0.1) is 19.5 Å². The molecule has 0 aliphatic heterocycles. The maximum atomic E-state index is 5.44. The molecule has 1 aromatic heterocycles. The predicted molar refractivity (Wildman–Crippen MR) is 119 cm³/mol. The Bertz CT molecular complexity index is 649. The average Bonchev–Trinajstić information content (AvgIpc) is 3.17. The van der Waals surface area contributed by atoms with Crippen LogP contribution in [0.1, 0.15) is 17.5 Å². The Morgan fingerprint density at radius 3 is 2.78 bits per heavy atom. The van der Waals surface area contributed by atoms with Gasteiger partial charge < -0.3 is 24.7 Å². The van der Waals surface area contributed by atoms with E-state index in [0.717, 1.165) is 32.0 Å². The lowest BCUT2D eigenvalue weighted by molar-refractivity contribution is 0.0698. The van der Waals surface area contributed by atoms with Gasteiger partial charge in [0.25, 0.3) is 0 Å². The summed E-state index contributed by atoms with van der Waals surface area (Å²) in [4.78, 5) is 8.33. The summed E-state index contributed by atoms with van der Waals surface area (Å²) in [5, 5.41) is 6.64. The number of aromatic nitrogens is 2. The molecule has 0 bridgehead atoms. The highest BCUT2D eigenvalue weighted by molar-refractivity contribution is 14.0. The van der Waals surface area contributed by atoms with E-state index >= 15 is 0 Å². The second-order valence-corrected chi connectivity index (χ2v) is 5.87. The summed E-state index contributed by atoms with van der Waals surface area (Å²) in [5.74, 6) is 0.793. The van der Waals surface area contributed by atoms with Crippen molar-refractivity contribution in [1.82, 2.24) is 20.2 Å². The molecule has 0 fully saturated rings. The maximum absolute atomic E-state index is 5.44. The molecule has 2 rings (SSSR count). The van der Waals surface area contributed by atoms with Gasteiger partial charge >= 0.3 is 0 Å². The molecule has 1 aromatic carbocycles. The Labute approximate surface area is 178 Å². The SMILES string of the molecule is CN=C(NCCCOCCOC)NCc1cccc(Cn2ccnc2)c1.I. The lowest BCUT2D eigenvalue weighted by Crippen LogP contribution is -2.37. The molecule has 0 atom stereocenters. The number of aliphatic imine (C=N–C) groups is 1. The van der Waals surface area contributed by atoms with Crippen molar-refractivity contribution in [3.8, 4) is 0 Å². The molecule has 27 heavy (non-hydrogen) atoms. The molecule has 0 saturated heterocycles. The van der Waals surface area contributed by atoms with Crippen LogP contribution in [-0.2, 0) is 22.6 Å². The fourth-order valence-corrected chi connectivity index (χ4v) is 2.46. The number of methoxy groups -OCH3 is 1. The van der Waals surface area contributed by atoms with E-state index in [1.54, 1.807) is 20.4 Å². The monoisotopic (exact) mass is 487 g/mol. The first-order valence-corrected chi connectivity index (χ1v) is 8.86. The van der Waals surface area contributed by atoms with Crippen molar-refractivity contribution in [2.45, 2.75) is 19.5 Å². The number of ether oxygens (including phenoxy) is 2. The second kappa shape index (κ2) is 14.4. The van der Waals surface area contributed by atoms with Crippen molar-refractivity contribution >= 4 is 29.9 Å². The van der Waals surface area contributed by atoms with Gasteiger partial charge in [0, 0.05) is 52.8 Å². The zero-order chi connectivity index (χ0) is 18.5. The van der Waals surface area contributed by atoms with Gasteiger partial charge in [0.15, 0.2) is 5.96 Å². The van der Waals surface area contributed by atoms with Crippen LogP contribution in [0.5, 0.6) is 0 Å². The molecule has 0 aliphatic carbocycles. The number of nitrogens with zero attached hydrogens (tertiary/aromatic N) is 3. The molecule has 0 unspecified atom stereocenters. The van der Waals surface area contributed by atoms with Crippen LogP contribution in [0.4, 0.5) is 0 Å². The van der Waals surface area contributed by atoms with E-state index in [1.165, 1.54) is 11.1 Å². The highest BCUT2D eigenvalue weighted by Gasteiger charge is 2.00. The quantitative estimate of drug-likeness (QED) is 0.220. The van der Waals surface area contributed by atoms with Gasteiger partial charge in [0.2, 0.25) is 0 Å². The molecule has 0 spiro atoms. The topological polar surface area (TPSA) is 72.7 Å². The summed E-state index contributed by atoms with van der Waals surface area (Å²) in [6.07, 6.45) is 6.51. The van der Waals surface area contributed by atoms with Gasteiger partial charge in [-0.2, -0.15) is 0 Å². The smallest absolute Gasteiger partial charge is 0.191 e. The average molecular weight is 487 g/mol. The summed E-state index contributed by atoms with van der Waals surface area (Å²) in [7, 11) is 3.45. The van der Waals surface area contributed by atoms with Crippen LogP contribution < -0.4 is 10.6 Å². The minimum Gasteiger partial charge on any atom is -0.382 e. The minimum absolute atomic E-state index is 0. The first-order valence-electron chi connectivity index (χ1n) is 8.86. The summed E-state index contributed by atoms with van der Waals surface area (Å²) in [5.41, 5.74) is 2.46. The van der Waals surface area contributed by atoms with E-state index in [0.29, 0.717) is 19.8 Å². The largest absolute Gasteiger partial charge is 0.382 e. The lowest BCUT2D eigenvalue weighted by Gasteiger charge is -2.13. The Balaban J connectivity index is 0.00000364. The van der Waals surface area contributed by atoms with E-state index in [-0.39, 0.29) is 24.0 Å². The molecule has 0 amide bonds. The number of nitrogens with one attached hydrogen (secondary N) is 2. The number of hydrogen-bond acceptors (Lipinski definition) is 4. The van der Waals surface area contributed by atoms with Crippen LogP contribution >= 0.6 is 24.0 Å². The van der Waals surface area contributed by atoms with Crippen molar-refractivity contribution in [1.29, 1.82) is 0 Å². The Morgan fingerprint density at radius 1 is 1.19 bits per heavy atom. The Hall–Kier alpha value is -1.65. The fourth-order valence-electron chi connectivity index (χ4n) is 2.46. The lowest BCUT2D eigenvalue weighted by atomic mass is 10.1. The third kappa shape index (κ3) is 9.73. The van der Waals surface area contributed by atoms with Crippen LogP contribution in [0.15, 0.2) is 48.0 Å². The highest BCUT2D eigenvalue weighted by Crippen LogP contribution is 2.07. The molecule has 0 radical (unpaired) electrons. The van der Waals surface area contributed by atoms with Crippen molar-refractivity contribution in [2.24, 2.45) is 4.99 Å². The third-order valence-corrected chi connectivity index (χ3v) is 3.79. The molecule has 0 saturated carbocycles. The molecular weight excluding hydrogens is 457 g/mol. The molecule has 7 nitrogen and oxygen atoms in total. The zero-order valence-corrected chi connectivity index (χ0v) is 18.4. The van der Waals surface area contributed by atoms with Crippen molar-refractivity contribution in [3.05, 3.63) is 54.1 Å². The first kappa shape index (κ1) is 23.4. The second-order valence-electron chi connectivity index (χ2n) is 5.87. The van der Waals surface area contributed by atoms with Crippen LogP contribution in [-0.4, -0.2) is 56.0 Å². The molecule has 1 heterocycles. The number of halogens is 1. The van der Waals surface area contributed by atoms with Crippen molar-refractivity contribution in [3.63, 3.8) is 0 Å². The van der Waals surface area contributed by atoms with E-state index in [1.807, 2.05) is 12.5 Å². The van der Waals surface area contributed by atoms with Gasteiger partial charge in [0.1, 0.15) is 0 Å². The van der Waals surface area contributed by atoms with Gasteiger partial charge in [-0.3, -0.25) is 4.99 Å². The van der Waals surface area contributed by atoms with E-state index in [2.05, 4.69) is 49.4 Å². The summed E-state index contributed by atoms with van der Waals surface area (Å²) >= 11 is 0. The molecule has 8 heteroatoms. The van der Waals surface area contributed by atoms with Crippen LogP contribution in [0, 0.1) is 0 Å². The van der Waals surface area contributed by atoms with Gasteiger partial charge in [-0.05, 0) is 17.5 Å². The number of benzene rings is 1. The van der Waals surface area contributed by atoms with Gasteiger partial charge in [-0.15, -0.1) is 24.0 Å². The third-order valence-electron chi connectivity index (χ3n) is 3.79. The normalized spacial score (nSPS) is 11.1. The molecule has 0 aliphatic rings. The Morgan fingerprint density at radius 2 is 2.04 bits per heavy atom. The summed E-state index contributed by atoms with van der Waals surface area (Å²) in [6.45, 7) is 4.35. The van der Waals surface area contributed by atoms with Crippen LogP contribution in [0.25, 0.3) is 0 Å². The minimum atomic E-state index is 0. The van der Waals surface area contributed by atoms with Crippen LogP contribution in [0.3, 0.4) is 0 Å². The number of hydrogen-bond donors (Lipinski definition) is 2. The molecule has 150 valence electrons. The summed E-state index contributed by atoms with van der Waals surface area (Å²) in [6, 6.07) is 8.52. The molecular formula is C19H30IN5O2. The summed E-state index contributed by atoms with van der Waals surface area (Å²) < 4.78 is 12.4.